The van der Waals surface area contributed by atoms with Gasteiger partial charge in [0.2, 0.25) is 9.84 Å². The third-order valence-electron chi connectivity index (χ3n) is 3.65. The Morgan fingerprint density at radius 2 is 1.92 bits per heavy atom. The predicted octanol–water partition coefficient (Wildman–Crippen LogP) is 2.68. The van der Waals surface area contributed by atoms with Crippen LogP contribution in [0.1, 0.15) is 5.56 Å². The Labute approximate surface area is 144 Å². The van der Waals surface area contributed by atoms with Crippen molar-refractivity contribution >= 4 is 27.0 Å². The fourth-order valence-corrected chi connectivity index (χ4v) is 3.77. The SMILES string of the molecule is CN=Cc1cccc(S(=O)(=O)c2cc3ccc(OC)cc3oc2=O)c1. The normalized spacial score (nSPS) is 11.9. The van der Waals surface area contributed by atoms with Gasteiger partial charge in [-0.1, -0.05) is 12.1 Å². The van der Waals surface area contributed by atoms with Crippen LogP contribution in [0.2, 0.25) is 0 Å². The summed E-state index contributed by atoms with van der Waals surface area (Å²) in [6.07, 6.45) is 1.54. The highest BCUT2D eigenvalue weighted by Crippen LogP contribution is 2.24. The Hall–Kier alpha value is -2.93. The Morgan fingerprint density at radius 3 is 2.64 bits per heavy atom. The van der Waals surface area contributed by atoms with Crippen molar-refractivity contribution in [2.75, 3.05) is 14.2 Å². The fraction of sp³-hybridized carbons (Fsp3) is 0.111. The highest BCUT2D eigenvalue weighted by atomic mass is 32.2. The van der Waals surface area contributed by atoms with Gasteiger partial charge >= 0.3 is 5.63 Å². The monoisotopic (exact) mass is 357 g/mol. The minimum atomic E-state index is -4.02. The third-order valence-corrected chi connectivity index (χ3v) is 5.39. The maximum absolute atomic E-state index is 12.8. The molecule has 0 N–H and O–H groups in total. The number of methoxy groups -OCH3 is 1. The van der Waals surface area contributed by atoms with Crippen molar-refractivity contribution in [3.8, 4) is 5.75 Å². The molecule has 2 aromatic carbocycles. The standard InChI is InChI=1S/C18H15NO5S/c1-19-11-12-4-3-5-15(8-12)25(21,22)17-9-13-6-7-14(23-2)10-16(13)24-18(17)20/h3-11H,1-2H3. The molecule has 1 aromatic heterocycles. The van der Waals surface area contributed by atoms with Crippen LogP contribution in [0.3, 0.4) is 0 Å². The van der Waals surface area contributed by atoms with Crippen LogP contribution >= 0.6 is 0 Å². The first-order valence-corrected chi connectivity index (χ1v) is 8.83. The summed E-state index contributed by atoms with van der Waals surface area (Å²) < 4.78 is 35.9. The lowest BCUT2D eigenvalue weighted by Gasteiger charge is -2.06. The number of nitrogens with zero attached hydrogens (tertiary/aromatic N) is 1. The molecule has 0 aliphatic carbocycles. The van der Waals surface area contributed by atoms with Gasteiger partial charge in [-0.2, -0.15) is 0 Å². The van der Waals surface area contributed by atoms with Gasteiger partial charge in [0, 0.05) is 24.7 Å². The number of fused-ring (bicyclic) bond motifs is 1. The zero-order valence-corrected chi connectivity index (χ0v) is 14.4. The van der Waals surface area contributed by atoms with Crippen molar-refractivity contribution in [3.63, 3.8) is 0 Å². The zero-order chi connectivity index (χ0) is 18.0. The van der Waals surface area contributed by atoms with Crippen molar-refractivity contribution in [1.29, 1.82) is 0 Å². The summed E-state index contributed by atoms with van der Waals surface area (Å²) in [6.45, 7) is 0. The summed E-state index contributed by atoms with van der Waals surface area (Å²) in [5.41, 5.74) is -0.0380. The van der Waals surface area contributed by atoms with E-state index in [-0.39, 0.29) is 10.5 Å². The van der Waals surface area contributed by atoms with Gasteiger partial charge in [-0.05, 0) is 35.9 Å². The summed E-state index contributed by atoms with van der Waals surface area (Å²) in [7, 11) is -0.935. The molecule has 7 heteroatoms. The second-order valence-corrected chi connectivity index (χ2v) is 7.18. The van der Waals surface area contributed by atoms with Gasteiger partial charge in [0.1, 0.15) is 11.3 Å². The smallest absolute Gasteiger partial charge is 0.355 e. The molecule has 3 aromatic rings. The molecule has 6 nitrogen and oxygen atoms in total. The van der Waals surface area contributed by atoms with E-state index in [0.717, 1.165) is 0 Å². The van der Waals surface area contributed by atoms with E-state index < -0.39 is 20.4 Å². The van der Waals surface area contributed by atoms with Crippen LogP contribution in [0, 0.1) is 0 Å². The summed E-state index contributed by atoms with van der Waals surface area (Å²) in [4.78, 5) is 15.7. The molecular weight excluding hydrogens is 342 g/mol. The fourth-order valence-electron chi connectivity index (χ4n) is 2.42. The Bertz CT molecular complexity index is 1130. The van der Waals surface area contributed by atoms with Crippen LogP contribution in [0.25, 0.3) is 11.0 Å². The van der Waals surface area contributed by atoms with Crippen molar-refractivity contribution in [2.24, 2.45) is 4.99 Å². The molecule has 0 bridgehead atoms. The lowest BCUT2D eigenvalue weighted by molar-refractivity contribution is 0.414. The van der Waals surface area contributed by atoms with Gasteiger partial charge in [-0.15, -0.1) is 0 Å². The predicted molar refractivity (Wildman–Crippen MR) is 94.4 cm³/mol. The maximum Gasteiger partial charge on any atom is 0.355 e. The average molecular weight is 357 g/mol. The minimum absolute atomic E-state index is 0.00469. The van der Waals surface area contributed by atoms with E-state index in [4.69, 9.17) is 9.15 Å². The van der Waals surface area contributed by atoms with Gasteiger partial charge < -0.3 is 9.15 Å². The van der Waals surface area contributed by atoms with Gasteiger partial charge in [-0.25, -0.2) is 13.2 Å². The molecule has 128 valence electrons. The van der Waals surface area contributed by atoms with Crippen LogP contribution in [-0.2, 0) is 9.84 Å². The van der Waals surface area contributed by atoms with Gasteiger partial charge in [0.15, 0.2) is 4.90 Å². The highest BCUT2D eigenvalue weighted by molar-refractivity contribution is 7.91. The Morgan fingerprint density at radius 1 is 1.12 bits per heavy atom. The zero-order valence-electron chi connectivity index (χ0n) is 13.6. The number of rotatable bonds is 4. The van der Waals surface area contributed by atoms with Crippen LogP contribution in [0.15, 0.2) is 72.5 Å². The molecule has 1 heterocycles. The molecule has 3 rings (SSSR count). The summed E-state index contributed by atoms with van der Waals surface area (Å²) in [5, 5.41) is 0.491. The second-order valence-electron chi connectivity index (χ2n) is 5.27. The third kappa shape index (κ3) is 3.18. The number of sulfone groups is 1. The summed E-state index contributed by atoms with van der Waals surface area (Å²) in [5.74, 6) is 0.512. The molecule has 0 radical (unpaired) electrons. The largest absolute Gasteiger partial charge is 0.497 e. The molecule has 0 fully saturated rings. The van der Waals surface area contributed by atoms with Crippen molar-refractivity contribution in [2.45, 2.75) is 9.79 Å². The van der Waals surface area contributed by atoms with E-state index in [9.17, 15) is 13.2 Å². The highest BCUT2D eigenvalue weighted by Gasteiger charge is 2.23. The van der Waals surface area contributed by atoms with Crippen molar-refractivity contribution < 1.29 is 17.6 Å². The quantitative estimate of drug-likeness (QED) is 0.529. The molecule has 0 saturated carbocycles. The lowest BCUT2D eigenvalue weighted by atomic mass is 10.2. The number of benzene rings is 2. The molecule has 0 amide bonds. The second kappa shape index (κ2) is 6.52. The van der Waals surface area contributed by atoms with Crippen molar-refractivity contribution in [3.05, 3.63) is 64.5 Å². The molecule has 25 heavy (non-hydrogen) atoms. The number of ether oxygens (including phenoxy) is 1. The Kier molecular flexibility index (Phi) is 4.41. The van der Waals surface area contributed by atoms with E-state index in [1.807, 2.05) is 0 Å². The molecule has 0 unspecified atom stereocenters. The molecule has 0 saturated heterocycles. The first-order valence-electron chi connectivity index (χ1n) is 7.35. The number of aliphatic imine (C=N–C) groups is 1. The van der Waals surface area contributed by atoms with Gasteiger partial charge in [-0.3, -0.25) is 4.99 Å². The molecule has 0 spiro atoms. The van der Waals surface area contributed by atoms with E-state index >= 15 is 0 Å². The van der Waals surface area contributed by atoms with Crippen molar-refractivity contribution in [1.82, 2.24) is 0 Å². The van der Waals surface area contributed by atoms with E-state index in [1.54, 1.807) is 31.3 Å². The molecule has 0 aliphatic rings. The van der Waals surface area contributed by atoms with E-state index in [1.165, 1.54) is 37.6 Å². The summed E-state index contributed by atoms with van der Waals surface area (Å²) in [6, 6.07) is 12.4. The summed E-state index contributed by atoms with van der Waals surface area (Å²) >= 11 is 0. The molecule has 0 aliphatic heterocycles. The van der Waals surface area contributed by atoms with E-state index in [2.05, 4.69) is 4.99 Å². The minimum Gasteiger partial charge on any atom is -0.497 e. The van der Waals surface area contributed by atoms with Gasteiger partial charge in [0.25, 0.3) is 0 Å². The Balaban J connectivity index is 2.19. The van der Waals surface area contributed by atoms with Crippen LogP contribution < -0.4 is 10.4 Å². The van der Waals surface area contributed by atoms with Gasteiger partial charge in [0.05, 0.1) is 12.0 Å². The van der Waals surface area contributed by atoms with Crippen LogP contribution in [-0.4, -0.2) is 28.8 Å². The topological polar surface area (TPSA) is 85.9 Å². The number of hydrogen-bond donors (Lipinski definition) is 0. The number of hydrogen-bond acceptors (Lipinski definition) is 6. The van der Waals surface area contributed by atoms with Crippen LogP contribution in [0.4, 0.5) is 0 Å². The molecular formula is C18H15NO5S. The van der Waals surface area contributed by atoms with E-state index in [0.29, 0.717) is 16.7 Å². The maximum atomic E-state index is 12.8. The first-order chi connectivity index (χ1) is 12.0. The van der Waals surface area contributed by atoms with Crippen LogP contribution in [0.5, 0.6) is 5.75 Å². The first kappa shape index (κ1) is 16.9. The molecule has 0 atom stereocenters. The average Bonchev–Trinajstić information content (AvgIpc) is 2.61. The lowest BCUT2D eigenvalue weighted by Crippen LogP contribution is -2.14.